The largest absolute Gasteiger partial charge is 0.489 e. The molecule has 0 unspecified atom stereocenters. The Labute approximate surface area is 207 Å². The summed E-state index contributed by atoms with van der Waals surface area (Å²) >= 11 is 12.8. The van der Waals surface area contributed by atoms with Crippen molar-refractivity contribution in [2.24, 2.45) is 4.99 Å². The minimum atomic E-state index is -4.60. The lowest BCUT2D eigenvalue weighted by atomic mass is 10.2. The number of ether oxygens (including phenoxy) is 1. The quantitative estimate of drug-likeness (QED) is 0.353. The molecule has 1 aliphatic heterocycles. The molecule has 1 aliphatic rings. The van der Waals surface area contributed by atoms with Gasteiger partial charge in [-0.15, -0.1) is 0 Å². The average molecular weight is 523 g/mol. The van der Waals surface area contributed by atoms with Crippen LogP contribution in [0, 0.1) is 0 Å². The Morgan fingerprint density at radius 3 is 2.44 bits per heavy atom. The highest BCUT2D eigenvalue weighted by molar-refractivity contribution is 8.18. The number of hydrogen-bond acceptors (Lipinski definition) is 4. The van der Waals surface area contributed by atoms with Gasteiger partial charge >= 0.3 is 6.18 Å². The van der Waals surface area contributed by atoms with Gasteiger partial charge in [0.2, 0.25) is 0 Å². The van der Waals surface area contributed by atoms with Gasteiger partial charge in [-0.25, -0.2) is 4.99 Å². The summed E-state index contributed by atoms with van der Waals surface area (Å²) in [6.07, 6.45) is -2.95. The Hall–Kier alpha value is -2.94. The molecule has 1 amide bonds. The predicted octanol–water partition coefficient (Wildman–Crippen LogP) is 7.48. The molecule has 1 N–H and O–H groups in total. The van der Waals surface area contributed by atoms with Crippen LogP contribution in [0.2, 0.25) is 10.0 Å². The first-order valence-corrected chi connectivity index (χ1v) is 11.4. The number of thioether (sulfide) groups is 1. The van der Waals surface area contributed by atoms with E-state index in [1.807, 2.05) is 18.2 Å². The van der Waals surface area contributed by atoms with Gasteiger partial charge < -0.3 is 10.1 Å². The third kappa shape index (κ3) is 5.94. The molecule has 0 aliphatic carbocycles. The van der Waals surface area contributed by atoms with E-state index in [0.29, 0.717) is 22.3 Å². The Morgan fingerprint density at radius 2 is 1.74 bits per heavy atom. The van der Waals surface area contributed by atoms with Crippen LogP contribution in [0.25, 0.3) is 6.08 Å². The molecule has 10 heteroatoms. The maximum atomic E-state index is 13.1. The van der Waals surface area contributed by atoms with Gasteiger partial charge in [0.05, 0.1) is 21.2 Å². The van der Waals surface area contributed by atoms with Crippen LogP contribution < -0.4 is 10.1 Å². The second kappa shape index (κ2) is 10.1. The number of benzene rings is 3. The number of amides is 1. The Morgan fingerprint density at radius 1 is 1.00 bits per heavy atom. The van der Waals surface area contributed by atoms with Crippen LogP contribution in [0.15, 0.2) is 76.6 Å². The van der Waals surface area contributed by atoms with Crippen molar-refractivity contribution >= 4 is 57.8 Å². The summed E-state index contributed by atoms with van der Waals surface area (Å²) in [6, 6.07) is 17.8. The lowest BCUT2D eigenvalue weighted by molar-refractivity contribution is -0.137. The van der Waals surface area contributed by atoms with E-state index < -0.39 is 22.7 Å². The summed E-state index contributed by atoms with van der Waals surface area (Å²) < 4.78 is 44.9. The van der Waals surface area contributed by atoms with Gasteiger partial charge in [-0.3, -0.25) is 4.79 Å². The van der Waals surface area contributed by atoms with E-state index in [-0.39, 0.29) is 10.9 Å². The average Bonchev–Trinajstić information content (AvgIpc) is 3.13. The van der Waals surface area contributed by atoms with Crippen molar-refractivity contribution in [3.63, 3.8) is 0 Å². The Bertz CT molecular complexity index is 1290. The summed E-state index contributed by atoms with van der Waals surface area (Å²) in [6.45, 7) is 0.318. The SMILES string of the molecule is O=C1NC(=Nc2ccc(Cl)c(C(F)(F)F)c2)S/C1=C\c1ccc(OCc2ccccc2Cl)cc1. The molecule has 0 atom stereocenters. The summed E-state index contributed by atoms with van der Waals surface area (Å²) in [4.78, 5) is 16.8. The minimum absolute atomic E-state index is 0.0285. The second-order valence-corrected chi connectivity index (χ2v) is 8.94. The summed E-state index contributed by atoms with van der Waals surface area (Å²) in [5.74, 6) is 0.240. The van der Waals surface area contributed by atoms with Crippen molar-refractivity contribution in [2.75, 3.05) is 0 Å². The van der Waals surface area contributed by atoms with Gasteiger partial charge in [0.25, 0.3) is 5.91 Å². The summed E-state index contributed by atoms with van der Waals surface area (Å²) in [5, 5.41) is 2.93. The smallest absolute Gasteiger partial charge is 0.417 e. The zero-order valence-corrected chi connectivity index (χ0v) is 19.5. The van der Waals surface area contributed by atoms with E-state index in [4.69, 9.17) is 27.9 Å². The van der Waals surface area contributed by atoms with Crippen molar-refractivity contribution in [3.05, 3.63) is 98.4 Å². The monoisotopic (exact) mass is 522 g/mol. The molecule has 0 spiro atoms. The van der Waals surface area contributed by atoms with Gasteiger partial charge in [0.15, 0.2) is 5.17 Å². The van der Waals surface area contributed by atoms with Crippen LogP contribution in [-0.4, -0.2) is 11.1 Å². The number of hydrogen-bond donors (Lipinski definition) is 1. The van der Waals surface area contributed by atoms with Gasteiger partial charge in [0.1, 0.15) is 12.4 Å². The van der Waals surface area contributed by atoms with Crippen molar-refractivity contribution in [1.29, 1.82) is 0 Å². The lowest BCUT2D eigenvalue weighted by Gasteiger charge is -2.09. The lowest BCUT2D eigenvalue weighted by Crippen LogP contribution is -2.19. The Kier molecular flexibility index (Phi) is 7.21. The van der Waals surface area contributed by atoms with Crippen LogP contribution >= 0.6 is 35.0 Å². The molecule has 3 aromatic carbocycles. The molecule has 3 aromatic rings. The van der Waals surface area contributed by atoms with Crippen molar-refractivity contribution < 1.29 is 22.7 Å². The molecule has 0 radical (unpaired) electrons. The highest BCUT2D eigenvalue weighted by Crippen LogP contribution is 2.37. The fraction of sp³-hybridized carbons (Fsp3) is 0.0833. The van der Waals surface area contributed by atoms with E-state index in [2.05, 4.69) is 10.3 Å². The number of alkyl halides is 3. The molecule has 4 rings (SSSR count). The van der Waals surface area contributed by atoms with Crippen LogP contribution in [-0.2, 0) is 17.6 Å². The first-order chi connectivity index (χ1) is 16.2. The van der Waals surface area contributed by atoms with Crippen molar-refractivity contribution in [1.82, 2.24) is 5.32 Å². The molecule has 4 nitrogen and oxygen atoms in total. The molecule has 1 fully saturated rings. The Balaban J connectivity index is 1.44. The zero-order valence-electron chi connectivity index (χ0n) is 17.2. The van der Waals surface area contributed by atoms with E-state index in [1.54, 1.807) is 36.4 Å². The van der Waals surface area contributed by atoms with Crippen molar-refractivity contribution in [2.45, 2.75) is 12.8 Å². The maximum absolute atomic E-state index is 13.1. The standard InChI is InChI=1S/C24H15Cl2F3N2O2S/c25-19-4-2-1-3-15(19)13-33-17-8-5-14(6-9-17)11-21-22(32)31-23(34-21)30-16-7-10-20(26)18(12-16)24(27,28)29/h1-12H,13H2,(H,30,31,32)/b21-11-. The number of nitrogens with zero attached hydrogens (tertiary/aromatic N) is 1. The third-order valence-electron chi connectivity index (χ3n) is 4.67. The summed E-state index contributed by atoms with van der Waals surface area (Å²) in [5.41, 5.74) is 0.651. The number of carbonyl (C=O) groups is 1. The molecular weight excluding hydrogens is 508 g/mol. The van der Waals surface area contributed by atoms with Crippen LogP contribution in [0.1, 0.15) is 16.7 Å². The normalized spacial score (nSPS) is 16.2. The molecule has 0 aromatic heterocycles. The van der Waals surface area contributed by atoms with E-state index in [1.165, 1.54) is 6.07 Å². The fourth-order valence-electron chi connectivity index (χ4n) is 2.99. The molecular formula is C24H15Cl2F3N2O2S. The molecule has 0 bridgehead atoms. The number of rotatable bonds is 5. The number of aliphatic imine (C=N–C) groups is 1. The van der Waals surface area contributed by atoms with Gasteiger partial charge in [-0.1, -0.05) is 53.5 Å². The number of nitrogens with one attached hydrogen (secondary N) is 1. The van der Waals surface area contributed by atoms with Gasteiger partial charge in [0, 0.05) is 10.6 Å². The van der Waals surface area contributed by atoms with Gasteiger partial charge in [-0.2, -0.15) is 13.2 Å². The first kappa shape index (κ1) is 24.2. The van der Waals surface area contributed by atoms with Gasteiger partial charge in [-0.05, 0) is 59.8 Å². The number of carbonyl (C=O) groups excluding carboxylic acids is 1. The molecule has 174 valence electrons. The van der Waals surface area contributed by atoms with Crippen molar-refractivity contribution in [3.8, 4) is 5.75 Å². The molecule has 0 saturated carbocycles. The third-order valence-corrected chi connectivity index (χ3v) is 6.28. The predicted molar refractivity (Wildman–Crippen MR) is 129 cm³/mol. The van der Waals surface area contributed by atoms with Crippen LogP contribution in [0.3, 0.4) is 0 Å². The number of halogens is 5. The topological polar surface area (TPSA) is 50.7 Å². The summed E-state index contributed by atoms with van der Waals surface area (Å²) in [7, 11) is 0. The van der Waals surface area contributed by atoms with E-state index >= 15 is 0 Å². The molecule has 34 heavy (non-hydrogen) atoms. The number of amidine groups is 1. The van der Waals surface area contributed by atoms with Crippen LogP contribution in [0.5, 0.6) is 5.75 Å². The highest BCUT2D eigenvalue weighted by Gasteiger charge is 2.33. The maximum Gasteiger partial charge on any atom is 0.417 e. The van der Waals surface area contributed by atoms with E-state index in [0.717, 1.165) is 35.0 Å². The fourth-order valence-corrected chi connectivity index (χ4v) is 4.24. The second-order valence-electron chi connectivity index (χ2n) is 7.09. The zero-order chi connectivity index (χ0) is 24.3. The van der Waals surface area contributed by atoms with E-state index in [9.17, 15) is 18.0 Å². The van der Waals surface area contributed by atoms with Crippen LogP contribution in [0.4, 0.5) is 18.9 Å². The molecule has 1 heterocycles. The highest BCUT2D eigenvalue weighted by atomic mass is 35.5. The molecule has 1 saturated heterocycles. The first-order valence-electron chi connectivity index (χ1n) is 9.81. The minimum Gasteiger partial charge on any atom is -0.489 e.